The molecule has 1 N–H and O–H groups in total. The maximum atomic E-state index is 12.9. The van der Waals surface area contributed by atoms with Gasteiger partial charge in [-0.15, -0.1) is 0 Å². The van der Waals surface area contributed by atoms with Crippen molar-refractivity contribution in [3.05, 3.63) is 59.1 Å². The molecular weight excluding hydrogens is 400 g/mol. The Morgan fingerprint density at radius 1 is 1.14 bits per heavy atom. The third kappa shape index (κ3) is 5.39. The summed E-state index contributed by atoms with van der Waals surface area (Å²) in [6.45, 7) is 3.62. The molecule has 2 atom stereocenters. The number of nitrogens with one attached hydrogen (secondary N) is 1. The van der Waals surface area contributed by atoms with Crippen molar-refractivity contribution in [2.45, 2.75) is 32.4 Å². The van der Waals surface area contributed by atoms with Crippen LogP contribution >= 0.6 is 11.6 Å². The number of rotatable bonds is 8. The second-order valence-corrected chi connectivity index (χ2v) is 8.76. The molecule has 6 nitrogen and oxygen atoms in total. The molecule has 2 aromatic carbocycles. The number of carbonyl (C=O) groups excluding carboxylic acids is 1. The van der Waals surface area contributed by atoms with Crippen molar-refractivity contribution >= 4 is 33.2 Å². The first-order chi connectivity index (χ1) is 13.2. The summed E-state index contributed by atoms with van der Waals surface area (Å²) >= 11 is 5.91. The van der Waals surface area contributed by atoms with E-state index in [4.69, 9.17) is 16.3 Å². The number of hydrogen-bond acceptors (Lipinski definition) is 4. The van der Waals surface area contributed by atoms with Crippen LogP contribution in [0.1, 0.15) is 31.9 Å². The summed E-state index contributed by atoms with van der Waals surface area (Å²) < 4.78 is 31.2. The van der Waals surface area contributed by atoms with Crippen molar-refractivity contribution in [3.63, 3.8) is 0 Å². The Balaban J connectivity index is 2.26. The summed E-state index contributed by atoms with van der Waals surface area (Å²) in [5, 5.41) is 3.40. The number of halogens is 1. The highest BCUT2D eigenvalue weighted by atomic mass is 35.5. The van der Waals surface area contributed by atoms with Gasteiger partial charge in [0.2, 0.25) is 15.9 Å². The first-order valence-corrected chi connectivity index (χ1v) is 11.1. The number of benzene rings is 2. The van der Waals surface area contributed by atoms with E-state index >= 15 is 0 Å². The van der Waals surface area contributed by atoms with E-state index in [1.54, 1.807) is 38.3 Å². The number of methoxy groups -OCH3 is 1. The zero-order valence-electron chi connectivity index (χ0n) is 16.3. The molecule has 0 spiro atoms. The highest BCUT2D eigenvalue weighted by Crippen LogP contribution is 2.25. The van der Waals surface area contributed by atoms with E-state index in [1.165, 1.54) is 0 Å². The number of anilines is 1. The Labute approximate surface area is 171 Å². The highest BCUT2D eigenvalue weighted by molar-refractivity contribution is 7.92. The number of nitrogens with zero attached hydrogens (tertiary/aromatic N) is 1. The second-order valence-electron chi connectivity index (χ2n) is 6.46. The van der Waals surface area contributed by atoms with Gasteiger partial charge in [0.25, 0.3) is 0 Å². The Kier molecular flexibility index (Phi) is 7.32. The number of sulfonamides is 1. The molecule has 0 aromatic heterocycles. The van der Waals surface area contributed by atoms with Crippen molar-refractivity contribution in [1.82, 2.24) is 5.32 Å². The normalized spacial score (nSPS) is 13.5. The van der Waals surface area contributed by atoms with E-state index < -0.39 is 16.1 Å². The molecule has 2 rings (SSSR count). The molecule has 1 amide bonds. The maximum absolute atomic E-state index is 12.9. The van der Waals surface area contributed by atoms with Crippen molar-refractivity contribution in [2.24, 2.45) is 0 Å². The summed E-state index contributed by atoms with van der Waals surface area (Å²) in [5.41, 5.74) is 1.28. The topological polar surface area (TPSA) is 75.7 Å². The molecule has 152 valence electrons. The molecule has 2 aromatic rings. The minimum atomic E-state index is -3.68. The van der Waals surface area contributed by atoms with Crippen LogP contribution in [0.2, 0.25) is 5.02 Å². The molecule has 8 heteroatoms. The van der Waals surface area contributed by atoms with Gasteiger partial charge in [-0.25, -0.2) is 8.42 Å². The molecule has 28 heavy (non-hydrogen) atoms. The predicted octanol–water partition coefficient (Wildman–Crippen LogP) is 3.77. The van der Waals surface area contributed by atoms with Crippen LogP contribution in [0, 0.1) is 0 Å². The number of amides is 1. The smallest absolute Gasteiger partial charge is 0.244 e. The maximum Gasteiger partial charge on any atom is 0.244 e. The van der Waals surface area contributed by atoms with E-state index in [1.807, 2.05) is 31.2 Å². The summed E-state index contributed by atoms with van der Waals surface area (Å²) in [7, 11) is -2.10. The quantitative estimate of drug-likeness (QED) is 0.699. The molecule has 0 saturated heterocycles. The van der Waals surface area contributed by atoms with Crippen LogP contribution < -0.4 is 14.4 Å². The van der Waals surface area contributed by atoms with Gasteiger partial charge in [0.15, 0.2) is 0 Å². The fourth-order valence-corrected chi connectivity index (χ4v) is 4.27. The lowest BCUT2D eigenvalue weighted by molar-refractivity contribution is -0.122. The molecule has 0 fully saturated rings. The van der Waals surface area contributed by atoms with Gasteiger partial charge in [0, 0.05) is 5.02 Å². The minimum absolute atomic E-state index is 0.293. The summed E-state index contributed by atoms with van der Waals surface area (Å²) in [5.74, 6) is 0.353. The first kappa shape index (κ1) is 22.0. The van der Waals surface area contributed by atoms with Crippen LogP contribution in [0.5, 0.6) is 5.75 Å². The Morgan fingerprint density at radius 3 is 2.18 bits per heavy atom. The van der Waals surface area contributed by atoms with Crippen molar-refractivity contribution in [2.75, 3.05) is 17.7 Å². The molecular formula is C20H25ClN2O4S. The van der Waals surface area contributed by atoms with E-state index in [0.29, 0.717) is 17.1 Å². The van der Waals surface area contributed by atoms with Gasteiger partial charge in [0.05, 0.1) is 25.1 Å². The number of hydrogen-bond donors (Lipinski definition) is 1. The average Bonchev–Trinajstić information content (AvgIpc) is 2.66. The third-order valence-electron chi connectivity index (χ3n) is 4.39. The minimum Gasteiger partial charge on any atom is -0.497 e. The van der Waals surface area contributed by atoms with Crippen LogP contribution in [0.4, 0.5) is 5.69 Å². The number of ether oxygens (including phenoxy) is 1. The lowest BCUT2D eigenvalue weighted by atomic mass is 10.1. The Morgan fingerprint density at radius 2 is 1.71 bits per heavy atom. The summed E-state index contributed by atoms with van der Waals surface area (Å²) in [4.78, 5) is 12.9. The Hall–Kier alpha value is -2.25. The van der Waals surface area contributed by atoms with Crippen LogP contribution in [0.3, 0.4) is 0 Å². The van der Waals surface area contributed by atoms with E-state index in [-0.39, 0.29) is 11.9 Å². The lowest BCUT2D eigenvalue weighted by Crippen LogP contribution is -2.49. The van der Waals surface area contributed by atoms with Crippen molar-refractivity contribution in [3.8, 4) is 5.75 Å². The molecule has 0 aliphatic rings. The van der Waals surface area contributed by atoms with Gasteiger partial charge in [-0.3, -0.25) is 9.10 Å². The van der Waals surface area contributed by atoms with Crippen molar-refractivity contribution < 1.29 is 17.9 Å². The molecule has 0 heterocycles. The average molecular weight is 425 g/mol. The monoisotopic (exact) mass is 424 g/mol. The van der Waals surface area contributed by atoms with E-state index in [2.05, 4.69) is 5.32 Å². The fourth-order valence-electron chi connectivity index (χ4n) is 2.93. The molecule has 0 aliphatic carbocycles. The van der Waals surface area contributed by atoms with Gasteiger partial charge in [0.1, 0.15) is 11.8 Å². The first-order valence-electron chi connectivity index (χ1n) is 8.86. The fraction of sp³-hybridized carbons (Fsp3) is 0.350. The van der Waals surface area contributed by atoms with Crippen molar-refractivity contribution in [1.29, 1.82) is 0 Å². The van der Waals surface area contributed by atoms with Gasteiger partial charge in [-0.2, -0.15) is 0 Å². The van der Waals surface area contributed by atoms with Crippen LogP contribution in [0.25, 0.3) is 0 Å². The summed E-state index contributed by atoms with van der Waals surface area (Å²) in [6, 6.07) is 12.5. The van der Waals surface area contributed by atoms with Crippen LogP contribution in [-0.4, -0.2) is 33.7 Å². The molecule has 0 unspecified atom stereocenters. The van der Waals surface area contributed by atoms with Crippen LogP contribution in [-0.2, 0) is 14.8 Å². The predicted molar refractivity (Wildman–Crippen MR) is 112 cm³/mol. The van der Waals surface area contributed by atoms with E-state index in [9.17, 15) is 13.2 Å². The second kappa shape index (κ2) is 9.30. The number of carbonyl (C=O) groups is 1. The van der Waals surface area contributed by atoms with Gasteiger partial charge in [-0.05, 0) is 55.3 Å². The summed E-state index contributed by atoms with van der Waals surface area (Å²) in [6.07, 6.45) is 1.40. The molecule has 0 aliphatic heterocycles. The zero-order valence-corrected chi connectivity index (χ0v) is 17.9. The third-order valence-corrected chi connectivity index (χ3v) is 5.82. The van der Waals surface area contributed by atoms with Gasteiger partial charge in [-0.1, -0.05) is 30.7 Å². The van der Waals surface area contributed by atoms with Gasteiger partial charge >= 0.3 is 0 Å². The lowest BCUT2D eigenvalue weighted by Gasteiger charge is -2.31. The van der Waals surface area contributed by atoms with E-state index in [0.717, 1.165) is 21.9 Å². The highest BCUT2D eigenvalue weighted by Gasteiger charge is 2.32. The SMILES string of the molecule is CC[C@H](C(=O)N[C@H](C)c1ccc(OC)cc1)N(c1ccc(Cl)cc1)S(C)(=O)=O. The van der Waals surface area contributed by atoms with Gasteiger partial charge < -0.3 is 10.1 Å². The molecule has 0 radical (unpaired) electrons. The molecule has 0 saturated carbocycles. The standard InChI is InChI=1S/C20H25ClN2O4S/c1-5-19(23(28(4,25)26)17-10-8-16(21)9-11-17)20(24)22-14(2)15-6-12-18(27-3)13-7-15/h6-14,19H,5H2,1-4H3,(H,22,24)/t14-,19-/m1/s1. The molecule has 0 bridgehead atoms. The zero-order chi connectivity index (χ0) is 20.9. The van der Waals surface area contributed by atoms with Crippen LogP contribution in [0.15, 0.2) is 48.5 Å². The Bertz CT molecular complexity index is 899. The largest absolute Gasteiger partial charge is 0.497 e.